The van der Waals surface area contributed by atoms with Gasteiger partial charge in [-0.2, -0.15) is 0 Å². The second-order valence-corrected chi connectivity index (χ2v) is 3.14. The van der Waals surface area contributed by atoms with Crippen molar-refractivity contribution in [3.8, 4) is 12.3 Å². The van der Waals surface area contributed by atoms with Gasteiger partial charge in [-0.25, -0.2) is 0 Å². The average molecular weight is 168 g/mol. The predicted octanol–water partition coefficient (Wildman–Crippen LogP) is -0.145. The van der Waals surface area contributed by atoms with Gasteiger partial charge in [-0.3, -0.25) is 4.79 Å². The highest BCUT2D eigenvalue weighted by Crippen LogP contribution is 2.27. The molecule has 3 nitrogen and oxygen atoms in total. The highest BCUT2D eigenvalue weighted by Gasteiger charge is 2.44. The zero-order valence-corrected chi connectivity index (χ0v) is 6.79. The summed E-state index contributed by atoms with van der Waals surface area (Å²) in [4.78, 5) is 11.2. The van der Waals surface area contributed by atoms with Crippen LogP contribution in [0.1, 0.15) is 25.7 Å². The van der Waals surface area contributed by atoms with Crippen molar-refractivity contribution in [1.82, 2.24) is 0 Å². The summed E-state index contributed by atoms with van der Waals surface area (Å²) in [6.07, 6.45) is 5.31. The minimum absolute atomic E-state index is 0.0903. The van der Waals surface area contributed by atoms with Crippen LogP contribution in [0, 0.1) is 12.3 Å². The number of hydrogen-bond acceptors (Lipinski definition) is 3. The summed E-state index contributed by atoms with van der Waals surface area (Å²) < 4.78 is 0. The number of rotatable bonds is 1. The summed E-state index contributed by atoms with van der Waals surface area (Å²) >= 11 is 0. The lowest BCUT2D eigenvalue weighted by Gasteiger charge is -2.33. The van der Waals surface area contributed by atoms with E-state index in [1.807, 2.05) is 0 Å². The third kappa shape index (κ3) is 1.36. The molecule has 1 aliphatic rings. The molecule has 0 spiro atoms. The van der Waals surface area contributed by atoms with Crippen LogP contribution in [0.5, 0.6) is 0 Å². The maximum atomic E-state index is 11.2. The molecule has 0 aromatic heterocycles. The predicted molar refractivity (Wildman–Crippen MR) is 43.3 cm³/mol. The van der Waals surface area contributed by atoms with Gasteiger partial charge in [-0.05, 0) is 12.8 Å². The molecule has 3 heteroatoms. The number of aliphatic hydroxyl groups excluding tert-OH is 1. The molecule has 0 aliphatic heterocycles. The molecule has 0 bridgehead atoms. The number of hydrogen-bond donors (Lipinski definition) is 2. The van der Waals surface area contributed by atoms with Gasteiger partial charge in [0.05, 0.1) is 6.10 Å². The molecule has 0 heterocycles. The van der Waals surface area contributed by atoms with E-state index in [2.05, 4.69) is 5.92 Å². The standard InChI is InChI=1S/C9H12O3/c1-2-6-9(12)7(10)4-3-5-8(9)11/h1,7,10,12H,3-6H2/t7-,9-/m1/s1. The van der Waals surface area contributed by atoms with Crippen molar-refractivity contribution >= 4 is 5.78 Å². The lowest BCUT2D eigenvalue weighted by Crippen LogP contribution is -2.51. The Labute approximate surface area is 71.4 Å². The Hall–Kier alpha value is -0.850. The highest BCUT2D eigenvalue weighted by atomic mass is 16.3. The number of carbonyl (C=O) groups excluding carboxylic acids is 1. The van der Waals surface area contributed by atoms with E-state index in [1.54, 1.807) is 0 Å². The van der Waals surface area contributed by atoms with E-state index in [0.29, 0.717) is 19.3 Å². The lowest BCUT2D eigenvalue weighted by atomic mass is 9.79. The molecule has 1 aliphatic carbocycles. The first-order chi connectivity index (χ1) is 5.61. The third-order valence-electron chi connectivity index (χ3n) is 2.29. The molecule has 12 heavy (non-hydrogen) atoms. The van der Waals surface area contributed by atoms with Crippen LogP contribution in [0.3, 0.4) is 0 Å². The van der Waals surface area contributed by atoms with Gasteiger partial charge in [0.25, 0.3) is 0 Å². The zero-order chi connectivity index (χ0) is 9.19. The van der Waals surface area contributed by atoms with E-state index in [4.69, 9.17) is 6.42 Å². The molecular weight excluding hydrogens is 156 g/mol. The maximum absolute atomic E-state index is 11.2. The Morgan fingerprint density at radius 1 is 1.75 bits per heavy atom. The fourth-order valence-electron chi connectivity index (χ4n) is 1.47. The van der Waals surface area contributed by atoms with Gasteiger partial charge < -0.3 is 10.2 Å². The zero-order valence-electron chi connectivity index (χ0n) is 6.79. The average Bonchev–Trinajstić information content (AvgIpc) is 2.02. The summed E-state index contributed by atoms with van der Waals surface area (Å²) in [6.45, 7) is 0. The van der Waals surface area contributed by atoms with E-state index < -0.39 is 11.7 Å². The minimum Gasteiger partial charge on any atom is -0.390 e. The number of carbonyl (C=O) groups is 1. The number of aliphatic hydroxyl groups is 2. The van der Waals surface area contributed by atoms with Crippen LogP contribution >= 0.6 is 0 Å². The minimum atomic E-state index is -1.67. The number of ketones is 1. The first-order valence-corrected chi connectivity index (χ1v) is 3.98. The van der Waals surface area contributed by atoms with Crippen LogP contribution in [-0.2, 0) is 4.79 Å². The second kappa shape index (κ2) is 3.26. The van der Waals surface area contributed by atoms with Crippen LogP contribution < -0.4 is 0 Å². The van der Waals surface area contributed by atoms with Gasteiger partial charge in [-0.1, -0.05) is 0 Å². The number of terminal acetylenes is 1. The molecule has 2 atom stereocenters. The molecule has 0 aromatic carbocycles. The van der Waals surface area contributed by atoms with Crippen molar-refractivity contribution in [3.63, 3.8) is 0 Å². The molecule has 0 amide bonds. The summed E-state index contributed by atoms with van der Waals surface area (Å²) in [7, 11) is 0. The molecule has 0 radical (unpaired) electrons. The van der Waals surface area contributed by atoms with Gasteiger partial charge in [-0.15, -0.1) is 12.3 Å². The van der Waals surface area contributed by atoms with E-state index >= 15 is 0 Å². The van der Waals surface area contributed by atoms with Gasteiger partial charge in [0, 0.05) is 12.8 Å². The van der Waals surface area contributed by atoms with Crippen molar-refractivity contribution in [3.05, 3.63) is 0 Å². The van der Waals surface area contributed by atoms with Crippen LogP contribution in [0.15, 0.2) is 0 Å². The van der Waals surface area contributed by atoms with Crippen molar-refractivity contribution in [2.45, 2.75) is 37.4 Å². The van der Waals surface area contributed by atoms with E-state index in [-0.39, 0.29) is 12.2 Å². The summed E-state index contributed by atoms with van der Waals surface area (Å²) in [5.41, 5.74) is -1.67. The van der Waals surface area contributed by atoms with Crippen molar-refractivity contribution in [2.24, 2.45) is 0 Å². The maximum Gasteiger partial charge on any atom is 0.168 e. The Balaban J connectivity index is 2.81. The van der Waals surface area contributed by atoms with Crippen molar-refractivity contribution in [1.29, 1.82) is 0 Å². The van der Waals surface area contributed by atoms with Crippen LogP contribution in [-0.4, -0.2) is 27.7 Å². The SMILES string of the molecule is C#CC[C@]1(O)C(=O)CCC[C@H]1O. The van der Waals surface area contributed by atoms with Gasteiger partial charge in [0.2, 0.25) is 0 Å². The Morgan fingerprint density at radius 2 is 2.42 bits per heavy atom. The third-order valence-corrected chi connectivity index (χ3v) is 2.29. The fraction of sp³-hybridized carbons (Fsp3) is 0.667. The lowest BCUT2D eigenvalue weighted by molar-refractivity contribution is -0.155. The Morgan fingerprint density at radius 3 is 2.92 bits per heavy atom. The monoisotopic (exact) mass is 168 g/mol. The van der Waals surface area contributed by atoms with E-state index in [1.165, 1.54) is 0 Å². The summed E-state index contributed by atoms with van der Waals surface area (Å²) in [6, 6.07) is 0. The molecular formula is C9H12O3. The van der Waals surface area contributed by atoms with Gasteiger partial charge in [0.15, 0.2) is 11.4 Å². The highest BCUT2D eigenvalue weighted by molar-refractivity contribution is 5.88. The fourth-order valence-corrected chi connectivity index (χ4v) is 1.47. The molecule has 0 saturated heterocycles. The van der Waals surface area contributed by atoms with Crippen molar-refractivity contribution in [2.75, 3.05) is 0 Å². The molecule has 0 unspecified atom stereocenters. The Kier molecular flexibility index (Phi) is 2.51. The summed E-state index contributed by atoms with van der Waals surface area (Å²) in [5.74, 6) is 1.87. The quantitative estimate of drug-likeness (QED) is 0.535. The van der Waals surface area contributed by atoms with Crippen LogP contribution in [0.4, 0.5) is 0 Å². The van der Waals surface area contributed by atoms with E-state index in [0.717, 1.165) is 0 Å². The molecule has 0 aromatic rings. The summed E-state index contributed by atoms with van der Waals surface area (Å²) in [5, 5.41) is 19.0. The first kappa shape index (κ1) is 9.24. The normalized spacial score (nSPS) is 36.1. The molecule has 1 saturated carbocycles. The number of Topliss-reactive ketones (excluding diaryl/α,β-unsaturated/α-hetero) is 1. The molecule has 2 N–H and O–H groups in total. The Bertz CT molecular complexity index is 228. The van der Waals surface area contributed by atoms with Crippen molar-refractivity contribution < 1.29 is 15.0 Å². The first-order valence-electron chi connectivity index (χ1n) is 3.98. The smallest absolute Gasteiger partial charge is 0.168 e. The largest absolute Gasteiger partial charge is 0.390 e. The van der Waals surface area contributed by atoms with E-state index in [9.17, 15) is 15.0 Å². The second-order valence-electron chi connectivity index (χ2n) is 3.14. The van der Waals surface area contributed by atoms with Crippen LogP contribution in [0.25, 0.3) is 0 Å². The van der Waals surface area contributed by atoms with Gasteiger partial charge >= 0.3 is 0 Å². The topological polar surface area (TPSA) is 57.5 Å². The molecule has 66 valence electrons. The van der Waals surface area contributed by atoms with Gasteiger partial charge in [0.1, 0.15) is 0 Å². The van der Waals surface area contributed by atoms with Crippen LogP contribution in [0.2, 0.25) is 0 Å². The molecule has 1 rings (SSSR count). The molecule has 1 fully saturated rings.